The van der Waals surface area contributed by atoms with Crippen LogP contribution in [0.4, 0.5) is 0 Å². The number of nitrogens with two attached hydrogens (primary N) is 1. The summed E-state index contributed by atoms with van der Waals surface area (Å²) in [6.07, 6.45) is 2.14. The molecule has 0 aromatic carbocycles. The van der Waals surface area contributed by atoms with Gasteiger partial charge in [0.1, 0.15) is 5.54 Å². The molecule has 20 heavy (non-hydrogen) atoms. The fraction of sp³-hybridized carbons (Fsp3) is 0.929. The highest BCUT2D eigenvalue weighted by Crippen LogP contribution is 2.40. The number of nitrogens with zero attached hydrogens (tertiary/aromatic N) is 1. The molecule has 1 fully saturated rings. The first-order valence-electron chi connectivity index (χ1n) is 7.35. The van der Waals surface area contributed by atoms with Crippen LogP contribution in [0.15, 0.2) is 0 Å². The summed E-state index contributed by atoms with van der Waals surface area (Å²) in [7, 11) is 3.36. The number of primary amides is 1. The molecule has 6 heteroatoms. The zero-order valence-electron chi connectivity index (χ0n) is 13.0. The Kier molecular flexibility index (Phi) is 7.43. The van der Waals surface area contributed by atoms with Crippen LogP contribution in [-0.2, 0) is 14.3 Å². The van der Waals surface area contributed by atoms with Gasteiger partial charge in [0.15, 0.2) is 0 Å². The molecule has 1 saturated carbocycles. The maximum Gasteiger partial charge on any atom is 0.239 e. The molecule has 0 aliphatic heterocycles. The molecule has 118 valence electrons. The smallest absolute Gasteiger partial charge is 0.239 e. The van der Waals surface area contributed by atoms with Crippen LogP contribution in [0.2, 0.25) is 0 Å². The number of hydrogen-bond acceptors (Lipinski definition) is 5. The van der Waals surface area contributed by atoms with Crippen molar-refractivity contribution in [3.63, 3.8) is 0 Å². The summed E-state index contributed by atoms with van der Waals surface area (Å²) in [6.45, 7) is 6.18. The molecule has 0 aromatic heterocycles. The van der Waals surface area contributed by atoms with Gasteiger partial charge >= 0.3 is 0 Å². The van der Waals surface area contributed by atoms with Crippen molar-refractivity contribution in [2.45, 2.75) is 25.3 Å². The standard InChI is InChI=1S/C14H29N3O3/c1-4-16-14(13(15)18,12-5-6-12)11-17(7-9-19-2)8-10-20-3/h12,16H,4-11H2,1-3H3,(H2,15,18). The molecular weight excluding hydrogens is 258 g/mol. The topological polar surface area (TPSA) is 76.8 Å². The molecule has 0 heterocycles. The lowest BCUT2D eigenvalue weighted by atomic mass is 9.91. The van der Waals surface area contributed by atoms with Gasteiger partial charge in [-0.1, -0.05) is 6.92 Å². The number of nitrogens with one attached hydrogen (secondary N) is 1. The number of methoxy groups -OCH3 is 2. The molecule has 1 unspecified atom stereocenters. The van der Waals surface area contributed by atoms with Crippen molar-refractivity contribution >= 4 is 5.91 Å². The van der Waals surface area contributed by atoms with Gasteiger partial charge in [-0.3, -0.25) is 9.69 Å². The van der Waals surface area contributed by atoms with E-state index < -0.39 is 5.54 Å². The van der Waals surface area contributed by atoms with E-state index in [-0.39, 0.29) is 5.91 Å². The minimum Gasteiger partial charge on any atom is -0.383 e. The molecule has 1 rings (SSSR count). The Balaban J connectivity index is 2.74. The van der Waals surface area contributed by atoms with E-state index in [1.165, 1.54) is 0 Å². The van der Waals surface area contributed by atoms with Gasteiger partial charge in [0, 0.05) is 33.9 Å². The average Bonchev–Trinajstić information content (AvgIpc) is 3.25. The lowest BCUT2D eigenvalue weighted by Gasteiger charge is -2.37. The molecule has 0 spiro atoms. The van der Waals surface area contributed by atoms with Crippen LogP contribution in [0.25, 0.3) is 0 Å². The second kappa shape index (κ2) is 8.56. The third kappa shape index (κ3) is 4.70. The summed E-state index contributed by atoms with van der Waals surface area (Å²) in [5, 5.41) is 3.34. The first kappa shape index (κ1) is 17.4. The lowest BCUT2D eigenvalue weighted by molar-refractivity contribution is -0.126. The minimum absolute atomic E-state index is 0.248. The van der Waals surface area contributed by atoms with E-state index in [4.69, 9.17) is 15.2 Å². The van der Waals surface area contributed by atoms with Crippen molar-refractivity contribution in [2.75, 3.05) is 53.6 Å². The van der Waals surface area contributed by atoms with Gasteiger partial charge in [-0.2, -0.15) is 0 Å². The largest absolute Gasteiger partial charge is 0.383 e. The SMILES string of the molecule is CCNC(CN(CCOC)CCOC)(C(N)=O)C1CC1. The van der Waals surface area contributed by atoms with Gasteiger partial charge in [-0.25, -0.2) is 0 Å². The Labute approximate surface area is 122 Å². The minimum atomic E-state index is -0.615. The van der Waals surface area contributed by atoms with E-state index in [1.54, 1.807) is 14.2 Å². The van der Waals surface area contributed by atoms with Crippen LogP contribution in [0.1, 0.15) is 19.8 Å². The molecule has 1 aliphatic rings. The molecule has 3 N–H and O–H groups in total. The monoisotopic (exact) mass is 287 g/mol. The van der Waals surface area contributed by atoms with E-state index in [0.29, 0.717) is 25.7 Å². The van der Waals surface area contributed by atoms with Crippen molar-refractivity contribution in [1.29, 1.82) is 0 Å². The number of ether oxygens (including phenoxy) is 2. The molecule has 1 aliphatic carbocycles. The molecular formula is C14H29N3O3. The van der Waals surface area contributed by atoms with Crippen LogP contribution in [0.5, 0.6) is 0 Å². The fourth-order valence-corrected chi connectivity index (χ4v) is 2.65. The highest BCUT2D eigenvalue weighted by Gasteiger charge is 2.50. The van der Waals surface area contributed by atoms with Gasteiger partial charge < -0.3 is 20.5 Å². The van der Waals surface area contributed by atoms with E-state index in [9.17, 15) is 4.79 Å². The van der Waals surface area contributed by atoms with E-state index >= 15 is 0 Å². The number of rotatable bonds is 12. The van der Waals surface area contributed by atoms with Crippen LogP contribution in [-0.4, -0.2) is 70.0 Å². The van der Waals surface area contributed by atoms with Gasteiger partial charge in [0.2, 0.25) is 5.91 Å². The molecule has 6 nitrogen and oxygen atoms in total. The van der Waals surface area contributed by atoms with Crippen molar-refractivity contribution in [2.24, 2.45) is 11.7 Å². The van der Waals surface area contributed by atoms with Gasteiger partial charge in [0.05, 0.1) is 13.2 Å². The highest BCUT2D eigenvalue weighted by molar-refractivity contribution is 5.86. The second-order valence-electron chi connectivity index (χ2n) is 5.40. The number of carbonyl (C=O) groups is 1. The zero-order valence-corrected chi connectivity index (χ0v) is 13.0. The average molecular weight is 287 g/mol. The van der Waals surface area contributed by atoms with Crippen molar-refractivity contribution < 1.29 is 14.3 Å². The normalized spacial score (nSPS) is 18.2. The number of amides is 1. The maximum absolute atomic E-state index is 12.0. The quantitative estimate of drug-likeness (QED) is 0.521. The third-order valence-electron chi connectivity index (χ3n) is 3.90. The summed E-state index contributed by atoms with van der Waals surface area (Å²) in [4.78, 5) is 14.2. The van der Waals surface area contributed by atoms with Crippen molar-refractivity contribution in [3.05, 3.63) is 0 Å². The lowest BCUT2D eigenvalue weighted by Crippen LogP contribution is -2.63. The predicted molar refractivity (Wildman–Crippen MR) is 78.5 cm³/mol. The van der Waals surface area contributed by atoms with Crippen LogP contribution >= 0.6 is 0 Å². The Morgan fingerprint density at radius 2 is 1.85 bits per heavy atom. The van der Waals surface area contributed by atoms with Gasteiger partial charge in [-0.15, -0.1) is 0 Å². The highest BCUT2D eigenvalue weighted by atomic mass is 16.5. The first-order valence-corrected chi connectivity index (χ1v) is 7.35. The molecule has 0 bridgehead atoms. The second-order valence-corrected chi connectivity index (χ2v) is 5.40. The Hall–Kier alpha value is -0.690. The van der Waals surface area contributed by atoms with Crippen LogP contribution in [0, 0.1) is 5.92 Å². The van der Waals surface area contributed by atoms with E-state index in [0.717, 1.165) is 32.5 Å². The summed E-state index contributed by atoms with van der Waals surface area (Å²) in [5.41, 5.74) is 5.10. The molecule has 0 saturated heterocycles. The third-order valence-corrected chi connectivity index (χ3v) is 3.90. The Morgan fingerprint density at radius 3 is 2.20 bits per heavy atom. The zero-order chi connectivity index (χ0) is 15.0. The summed E-state index contributed by atoms with van der Waals surface area (Å²) in [5.74, 6) is 0.106. The Bertz CT molecular complexity index is 289. The molecule has 1 amide bonds. The predicted octanol–water partition coefficient (Wildman–Crippen LogP) is -0.175. The molecule has 0 aromatic rings. The summed E-state index contributed by atoms with van der Waals surface area (Å²) in [6, 6.07) is 0. The van der Waals surface area contributed by atoms with Crippen LogP contribution in [0.3, 0.4) is 0 Å². The van der Waals surface area contributed by atoms with E-state index in [1.807, 2.05) is 6.92 Å². The van der Waals surface area contributed by atoms with Gasteiger partial charge in [0.25, 0.3) is 0 Å². The van der Waals surface area contributed by atoms with Crippen LogP contribution < -0.4 is 11.1 Å². The summed E-state index contributed by atoms with van der Waals surface area (Å²) >= 11 is 0. The van der Waals surface area contributed by atoms with E-state index in [2.05, 4.69) is 10.2 Å². The van der Waals surface area contributed by atoms with Crippen molar-refractivity contribution in [1.82, 2.24) is 10.2 Å². The number of hydrogen-bond donors (Lipinski definition) is 2. The Morgan fingerprint density at radius 1 is 1.30 bits per heavy atom. The molecule has 0 radical (unpaired) electrons. The maximum atomic E-state index is 12.0. The molecule has 1 atom stereocenters. The summed E-state index contributed by atoms with van der Waals surface area (Å²) < 4.78 is 10.3. The van der Waals surface area contributed by atoms with Gasteiger partial charge in [-0.05, 0) is 25.3 Å². The first-order chi connectivity index (χ1) is 9.60. The fourth-order valence-electron chi connectivity index (χ4n) is 2.65. The number of carbonyl (C=O) groups excluding carboxylic acids is 1. The van der Waals surface area contributed by atoms with Crippen molar-refractivity contribution in [3.8, 4) is 0 Å². The number of likely N-dealkylation sites (N-methyl/N-ethyl adjacent to an activating group) is 1.